The number of alkyl halides is 1. The second-order valence-electron chi connectivity index (χ2n) is 4.37. The summed E-state index contributed by atoms with van der Waals surface area (Å²) in [6, 6.07) is 1.38. The van der Waals surface area contributed by atoms with E-state index in [0.29, 0.717) is 17.1 Å². The highest BCUT2D eigenvalue weighted by atomic mass is 35.5. The molecule has 1 aliphatic carbocycles. The van der Waals surface area contributed by atoms with Gasteiger partial charge in [-0.25, -0.2) is 4.39 Å². The van der Waals surface area contributed by atoms with Crippen LogP contribution in [0.4, 0.5) is 4.39 Å². The van der Waals surface area contributed by atoms with Crippen molar-refractivity contribution in [3.05, 3.63) is 23.0 Å². The zero-order chi connectivity index (χ0) is 12.6. The highest BCUT2D eigenvalue weighted by Crippen LogP contribution is 2.49. The molecule has 1 aliphatic rings. The molecule has 1 aromatic carbocycles. The molecule has 0 saturated heterocycles. The van der Waals surface area contributed by atoms with Gasteiger partial charge in [-0.3, -0.25) is 0 Å². The molecule has 17 heavy (non-hydrogen) atoms. The van der Waals surface area contributed by atoms with Crippen LogP contribution < -0.4 is 9.47 Å². The lowest BCUT2D eigenvalue weighted by molar-refractivity contribution is 0.343. The Morgan fingerprint density at radius 2 is 1.94 bits per heavy atom. The third-order valence-corrected chi connectivity index (χ3v) is 3.79. The summed E-state index contributed by atoms with van der Waals surface area (Å²) in [6.45, 7) is 2.01. The molecule has 1 aromatic rings. The zero-order valence-corrected chi connectivity index (χ0v) is 11.0. The maximum Gasteiger partial charge on any atom is 0.165 e. The van der Waals surface area contributed by atoms with E-state index < -0.39 is 0 Å². The number of hydrogen-bond acceptors (Lipinski definition) is 2. The summed E-state index contributed by atoms with van der Waals surface area (Å²) in [6.07, 6.45) is 1.73. The summed E-state index contributed by atoms with van der Waals surface area (Å²) in [5, 5.41) is -0.208. The second-order valence-corrected chi connectivity index (χ2v) is 4.89. The first-order chi connectivity index (χ1) is 8.10. The van der Waals surface area contributed by atoms with E-state index in [-0.39, 0.29) is 17.1 Å². The lowest BCUT2D eigenvalue weighted by Gasteiger charge is -2.29. The minimum Gasteiger partial charge on any atom is -0.493 e. The summed E-state index contributed by atoms with van der Waals surface area (Å²) >= 11 is 6.30. The number of rotatable bonds is 2. The molecule has 0 aliphatic heterocycles. The van der Waals surface area contributed by atoms with E-state index in [1.54, 1.807) is 7.11 Å². The first-order valence-corrected chi connectivity index (χ1v) is 6.12. The Balaban J connectivity index is 2.70. The molecule has 0 saturated carbocycles. The largest absolute Gasteiger partial charge is 0.493 e. The molecule has 4 heteroatoms. The molecule has 2 nitrogen and oxygen atoms in total. The highest BCUT2D eigenvalue weighted by molar-refractivity contribution is 6.21. The predicted molar refractivity (Wildman–Crippen MR) is 65.7 cm³/mol. The van der Waals surface area contributed by atoms with Crippen LogP contribution in [0.3, 0.4) is 0 Å². The number of halogens is 2. The van der Waals surface area contributed by atoms with Crippen LogP contribution in [0.2, 0.25) is 0 Å². The third-order valence-electron chi connectivity index (χ3n) is 3.36. The van der Waals surface area contributed by atoms with E-state index in [1.807, 2.05) is 6.92 Å². The van der Waals surface area contributed by atoms with E-state index >= 15 is 0 Å². The van der Waals surface area contributed by atoms with Crippen molar-refractivity contribution < 1.29 is 13.9 Å². The van der Waals surface area contributed by atoms with Gasteiger partial charge in [0.15, 0.2) is 11.5 Å². The molecular weight excluding hydrogens is 243 g/mol. The van der Waals surface area contributed by atoms with Gasteiger partial charge >= 0.3 is 0 Å². The number of fused-ring (bicyclic) bond motifs is 1. The molecule has 2 unspecified atom stereocenters. The first kappa shape index (κ1) is 12.5. The van der Waals surface area contributed by atoms with Gasteiger partial charge in [-0.15, -0.1) is 11.6 Å². The number of methoxy groups -OCH3 is 2. The van der Waals surface area contributed by atoms with Crippen LogP contribution >= 0.6 is 11.6 Å². The maximum absolute atomic E-state index is 14.1. The van der Waals surface area contributed by atoms with Gasteiger partial charge in [0, 0.05) is 11.6 Å². The summed E-state index contributed by atoms with van der Waals surface area (Å²) in [4.78, 5) is 0. The van der Waals surface area contributed by atoms with Crippen LogP contribution in [0.15, 0.2) is 6.07 Å². The molecule has 94 valence electrons. The van der Waals surface area contributed by atoms with Gasteiger partial charge in [-0.05, 0) is 24.3 Å². The highest BCUT2D eigenvalue weighted by Gasteiger charge is 2.31. The molecule has 0 bridgehead atoms. The minimum atomic E-state index is -0.254. The van der Waals surface area contributed by atoms with Crippen molar-refractivity contribution in [2.24, 2.45) is 0 Å². The Kier molecular flexibility index (Phi) is 3.48. The first-order valence-electron chi connectivity index (χ1n) is 5.68. The van der Waals surface area contributed by atoms with Crippen LogP contribution in [0.5, 0.6) is 11.5 Å². The van der Waals surface area contributed by atoms with Gasteiger partial charge in [-0.1, -0.05) is 6.92 Å². The molecule has 2 rings (SSSR count). The molecule has 0 N–H and O–H groups in total. The van der Waals surface area contributed by atoms with E-state index in [2.05, 4.69) is 0 Å². The topological polar surface area (TPSA) is 18.5 Å². The van der Waals surface area contributed by atoms with Gasteiger partial charge in [0.1, 0.15) is 5.82 Å². The quantitative estimate of drug-likeness (QED) is 0.746. The fraction of sp³-hybridized carbons (Fsp3) is 0.538. The average molecular weight is 259 g/mol. The Hall–Kier alpha value is -0.960. The standard InChI is InChI=1S/C13H16ClFO2/c1-7-4-5-8(14)12-11(7)9(15)6-10(16-2)13(12)17-3/h6-8H,4-5H2,1-3H3. The van der Waals surface area contributed by atoms with Gasteiger partial charge in [0.05, 0.1) is 19.6 Å². The fourth-order valence-corrected chi connectivity index (χ4v) is 2.84. The lowest BCUT2D eigenvalue weighted by atomic mass is 9.82. The van der Waals surface area contributed by atoms with Crippen molar-refractivity contribution >= 4 is 11.6 Å². The normalized spacial score (nSPS) is 23.1. The summed E-state index contributed by atoms with van der Waals surface area (Å²) < 4.78 is 24.5. The summed E-state index contributed by atoms with van der Waals surface area (Å²) in [5.41, 5.74) is 1.43. The van der Waals surface area contributed by atoms with Gasteiger partial charge in [0.2, 0.25) is 0 Å². The van der Waals surface area contributed by atoms with E-state index in [4.69, 9.17) is 21.1 Å². The van der Waals surface area contributed by atoms with Crippen LogP contribution in [0.1, 0.15) is 42.2 Å². The molecule has 0 heterocycles. The smallest absolute Gasteiger partial charge is 0.165 e. The fourth-order valence-electron chi connectivity index (χ4n) is 2.50. The summed E-state index contributed by atoms with van der Waals surface area (Å²) in [5.74, 6) is 0.884. The van der Waals surface area contributed by atoms with Gasteiger partial charge < -0.3 is 9.47 Å². The average Bonchev–Trinajstić information content (AvgIpc) is 2.32. The number of benzene rings is 1. The molecule has 0 amide bonds. The van der Waals surface area contributed by atoms with E-state index in [9.17, 15) is 4.39 Å². The molecule has 0 aromatic heterocycles. The van der Waals surface area contributed by atoms with Crippen LogP contribution in [0, 0.1) is 5.82 Å². The number of ether oxygens (including phenoxy) is 2. The Morgan fingerprint density at radius 3 is 2.53 bits per heavy atom. The predicted octanol–water partition coefficient (Wildman–Crippen LogP) is 4.02. The lowest BCUT2D eigenvalue weighted by Crippen LogP contribution is -2.14. The van der Waals surface area contributed by atoms with Crippen molar-refractivity contribution in [3.63, 3.8) is 0 Å². The van der Waals surface area contributed by atoms with Crippen molar-refractivity contribution in [2.45, 2.75) is 31.1 Å². The van der Waals surface area contributed by atoms with Gasteiger partial charge in [-0.2, -0.15) is 0 Å². The number of hydrogen-bond donors (Lipinski definition) is 0. The van der Waals surface area contributed by atoms with E-state index in [1.165, 1.54) is 13.2 Å². The van der Waals surface area contributed by atoms with Crippen molar-refractivity contribution in [3.8, 4) is 11.5 Å². The second kappa shape index (κ2) is 4.73. The Labute approximate surface area is 106 Å². The van der Waals surface area contributed by atoms with E-state index in [0.717, 1.165) is 18.4 Å². The monoisotopic (exact) mass is 258 g/mol. The Morgan fingerprint density at radius 1 is 1.24 bits per heavy atom. The zero-order valence-electron chi connectivity index (χ0n) is 10.2. The van der Waals surface area contributed by atoms with Crippen molar-refractivity contribution in [1.29, 1.82) is 0 Å². The SMILES string of the molecule is COc1cc(F)c2c(c1OC)C(Cl)CCC2C. The van der Waals surface area contributed by atoms with Gasteiger partial charge in [0.25, 0.3) is 0 Å². The molecular formula is C13H16ClFO2. The summed E-state index contributed by atoms with van der Waals surface area (Å²) in [7, 11) is 3.05. The Bertz CT molecular complexity index is 434. The van der Waals surface area contributed by atoms with Crippen molar-refractivity contribution in [1.82, 2.24) is 0 Å². The molecule has 0 radical (unpaired) electrons. The van der Waals surface area contributed by atoms with Crippen molar-refractivity contribution in [2.75, 3.05) is 14.2 Å². The molecule has 0 fully saturated rings. The minimum absolute atomic E-state index is 0.166. The third kappa shape index (κ3) is 1.97. The van der Waals surface area contributed by atoms with Crippen LogP contribution in [-0.4, -0.2) is 14.2 Å². The molecule has 0 spiro atoms. The molecule has 2 atom stereocenters. The van der Waals surface area contributed by atoms with Crippen LogP contribution in [-0.2, 0) is 0 Å². The maximum atomic E-state index is 14.1. The van der Waals surface area contributed by atoms with Crippen LogP contribution in [0.25, 0.3) is 0 Å².